The van der Waals surface area contributed by atoms with E-state index in [2.05, 4.69) is 15.9 Å². The van der Waals surface area contributed by atoms with Crippen molar-refractivity contribution < 1.29 is 42.8 Å². The molecule has 344 valence electrons. The molecule has 0 unspecified atom stereocenters. The summed E-state index contributed by atoms with van der Waals surface area (Å²) < 4.78 is 35.6. The predicted octanol–water partition coefficient (Wildman–Crippen LogP) is 13.0. The van der Waals surface area contributed by atoms with Crippen molar-refractivity contribution >= 4 is 33.8 Å². The monoisotopic (exact) mass is 954 g/mol. The number of rotatable bonds is 22. The fraction of sp³-hybridized carbons (Fsp3) is 0.304. The molecule has 0 amide bonds. The maximum atomic E-state index is 12.4. The number of carbonyl (C=O) groups excluding carboxylic acids is 3. The van der Waals surface area contributed by atoms with Gasteiger partial charge in [0, 0.05) is 5.33 Å². The van der Waals surface area contributed by atoms with Crippen LogP contribution in [0.3, 0.4) is 0 Å². The smallest absolute Gasteiger partial charge is 0.338 e. The second kappa shape index (κ2) is 23.7. The molecule has 0 radical (unpaired) electrons. The van der Waals surface area contributed by atoms with Gasteiger partial charge in [-0.3, -0.25) is 0 Å². The van der Waals surface area contributed by atoms with Crippen molar-refractivity contribution in [3.05, 3.63) is 162 Å². The third-order valence-electron chi connectivity index (χ3n) is 10.5. The number of hydrogen-bond acceptors (Lipinski definition) is 9. The van der Waals surface area contributed by atoms with Gasteiger partial charge in [0.2, 0.25) is 0 Å². The minimum atomic E-state index is -0.629. The molecule has 0 heterocycles. The van der Waals surface area contributed by atoms with Crippen molar-refractivity contribution in [2.75, 3.05) is 45.0 Å². The van der Waals surface area contributed by atoms with Crippen molar-refractivity contribution in [3.8, 4) is 50.6 Å². The molecule has 0 saturated heterocycles. The van der Waals surface area contributed by atoms with Crippen LogP contribution in [-0.2, 0) is 14.2 Å². The molecule has 0 aliphatic rings. The maximum absolute atomic E-state index is 12.4. The lowest BCUT2D eigenvalue weighted by molar-refractivity contribution is 0.0450. The van der Waals surface area contributed by atoms with Crippen molar-refractivity contribution in [2.24, 2.45) is 23.2 Å². The van der Waals surface area contributed by atoms with Crippen molar-refractivity contribution in [1.82, 2.24) is 0 Å². The summed E-state index contributed by atoms with van der Waals surface area (Å²) in [5.41, 5.74) is 6.76. The van der Waals surface area contributed by atoms with Crippen molar-refractivity contribution in [1.29, 1.82) is 0 Å². The minimum Gasteiger partial charge on any atom is -0.493 e. The summed E-state index contributed by atoms with van der Waals surface area (Å²) >= 11 is 3.78. The van der Waals surface area contributed by atoms with Gasteiger partial charge in [-0.25, -0.2) is 14.4 Å². The van der Waals surface area contributed by atoms with Crippen molar-refractivity contribution in [2.45, 2.75) is 41.5 Å². The average molecular weight is 956 g/mol. The number of carbonyl (C=O) groups is 3. The summed E-state index contributed by atoms with van der Waals surface area (Å²) in [6.45, 7) is 14.0. The van der Waals surface area contributed by atoms with Crippen LogP contribution in [0, 0.1) is 23.2 Å². The van der Waals surface area contributed by atoms with Gasteiger partial charge in [-0.2, -0.15) is 0 Å². The Balaban J connectivity index is 1.13. The second-order valence-corrected chi connectivity index (χ2v) is 18.3. The van der Waals surface area contributed by atoms with Crippen LogP contribution in [0.1, 0.15) is 72.6 Å². The fourth-order valence-electron chi connectivity index (χ4n) is 6.55. The van der Waals surface area contributed by atoms with Crippen LogP contribution in [0.15, 0.2) is 146 Å². The third kappa shape index (κ3) is 14.3. The van der Waals surface area contributed by atoms with Crippen LogP contribution in [0.2, 0.25) is 0 Å². The van der Waals surface area contributed by atoms with E-state index in [1.165, 1.54) is 0 Å². The number of halogens is 1. The number of alkyl halides is 1. The minimum absolute atomic E-state index is 0.266. The summed E-state index contributed by atoms with van der Waals surface area (Å²) in [7, 11) is 0. The Morgan fingerprint density at radius 1 is 0.379 bits per heavy atom. The van der Waals surface area contributed by atoms with Crippen LogP contribution in [-0.4, -0.2) is 62.9 Å². The molecular formula is C56H59BrO9. The molecule has 6 aromatic rings. The molecular weight excluding hydrogens is 897 g/mol. The molecule has 0 bridgehead atoms. The number of esters is 3. The Hall–Kier alpha value is -6.39. The van der Waals surface area contributed by atoms with Gasteiger partial charge < -0.3 is 28.4 Å². The lowest BCUT2D eigenvalue weighted by atomic mass is 9.94. The highest BCUT2D eigenvalue weighted by Gasteiger charge is 2.33. The second-order valence-electron chi connectivity index (χ2n) is 17.8. The molecule has 0 aliphatic carbocycles. The molecule has 0 atom stereocenters. The zero-order valence-electron chi connectivity index (χ0n) is 38.6. The number of benzene rings is 6. The lowest BCUT2D eigenvalue weighted by Crippen LogP contribution is -2.42. The molecule has 0 aromatic heterocycles. The van der Waals surface area contributed by atoms with Gasteiger partial charge in [0.15, 0.2) is 0 Å². The van der Waals surface area contributed by atoms with E-state index in [0.29, 0.717) is 59.1 Å². The largest absolute Gasteiger partial charge is 0.493 e. The zero-order valence-corrected chi connectivity index (χ0v) is 40.2. The maximum Gasteiger partial charge on any atom is 0.338 e. The predicted molar refractivity (Wildman–Crippen MR) is 264 cm³/mol. The Kier molecular flexibility index (Phi) is 17.6. The molecule has 10 heteroatoms. The molecule has 0 saturated carbocycles. The summed E-state index contributed by atoms with van der Waals surface area (Å²) in [6, 6.07) is 45.7. The standard InChI is InChI=1S/C56H59BrO9/c1-38(2)31-61-53(58)47-13-7-41(8-14-47)44-19-25-50(26-20-44)64-35-56(34-57,36-65-51-27-21-45(22-28-51)42-9-15-48(16-10-42)54(59)62-32-39(3)4)37-66-52-29-23-46(24-30-52)43-11-17-49(18-12-43)55(60)63-33-40(5)6/h7-30,38-40H,31-37H2,1-6H3. The van der Waals surface area contributed by atoms with Gasteiger partial charge in [-0.15, -0.1) is 0 Å². The normalized spacial score (nSPS) is 11.4. The Bertz CT molecular complexity index is 2180. The molecule has 9 nitrogen and oxygen atoms in total. The van der Waals surface area contributed by atoms with Crippen LogP contribution < -0.4 is 14.2 Å². The van der Waals surface area contributed by atoms with Gasteiger partial charge in [0.25, 0.3) is 0 Å². The Morgan fingerprint density at radius 3 is 0.788 bits per heavy atom. The summed E-state index contributed by atoms with van der Waals surface area (Å²) in [5.74, 6) is 1.87. The third-order valence-corrected chi connectivity index (χ3v) is 11.7. The molecule has 0 fully saturated rings. The Morgan fingerprint density at radius 2 is 0.591 bits per heavy atom. The van der Waals surface area contributed by atoms with Crippen LogP contribution >= 0.6 is 15.9 Å². The van der Waals surface area contributed by atoms with E-state index in [4.69, 9.17) is 28.4 Å². The van der Waals surface area contributed by atoms with Gasteiger partial charge >= 0.3 is 17.9 Å². The summed E-state index contributed by atoms with van der Waals surface area (Å²) in [4.78, 5) is 37.3. The highest BCUT2D eigenvalue weighted by atomic mass is 79.9. The average Bonchev–Trinajstić information content (AvgIpc) is 3.34. The summed E-state index contributed by atoms with van der Waals surface area (Å²) in [6.07, 6.45) is 0. The first-order valence-electron chi connectivity index (χ1n) is 22.4. The van der Waals surface area contributed by atoms with Crippen molar-refractivity contribution in [3.63, 3.8) is 0 Å². The van der Waals surface area contributed by atoms with E-state index >= 15 is 0 Å². The fourth-order valence-corrected chi connectivity index (χ4v) is 7.04. The Labute approximate surface area is 397 Å². The first-order chi connectivity index (χ1) is 31.8. The van der Waals surface area contributed by atoms with Gasteiger partial charge in [0.1, 0.15) is 37.1 Å². The number of hydrogen-bond donors (Lipinski definition) is 0. The number of ether oxygens (including phenoxy) is 6. The van der Waals surface area contributed by atoms with E-state index in [1.807, 2.05) is 151 Å². The molecule has 0 spiro atoms. The molecule has 6 aromatic carbocycles. The highest BCUT2D eigenvalue weighted by Crippen LogP contribution is 2.31. The first kappa shape index (κ1) is 49.1. The van der Waals surface area contributed by atoms with Crippen LogP contribution in [0.4, 0.5) is 0 Å². The van der Waals surface area contributed by atoms with Crippen LogP contribution in [0.5, 0.6) is 17.2 Å². The topological polar surface area (TPSA) is 107 Å². The molecule has 66 heavy (non-hydrogen) atoms. The van der Waals surface area contributed by atoms with Crippen LogP contribution in [0.25, 0.3) is 33.4 Å². The quantitative estimate of drug-likeness (QED) is 0.0373. The first-order valence-corrected chi connectivity index (χ1v) is 23.5. The van der Waals surface area contributed by atoms with E-state index < -0.39 is 5.41 Å². The van der Waals surface area contributed by atoms with Gasteiger partial charge in [-0.1, -0.05) is 130 Å². The van der Waals surface area contributed by atoms with E-state index in [0.717, 1.165) is 33.4 Å². The van der Waals surface area contributed by atoms with E-state index in [1.54, 1.807) is 36.4 Å². The van der Waals surface area contributed by atoms with Gasteiger partial charge in [-0.05, 0) is 124 Å². The SMILES string of the molecule is CC(C)COC(=O)c1ccc(-c2ccc(OCC(CBr)(COc3ccc(-c4ccc(C(=O)OCC(C)C)cc4)cc3)COc3ccc(-c4ccc(C(=O)OCC(C)C)cc4)cc3)cc2)cc1. The van der Waals surface area contributed by atoms with E-state index in [9.17, 15) is 14.4 Å². The zero-order chi connectivity index (χ0) is 47.1. The molecule has 0 aliphatic heterocycles. The van der Waals surface area contributed by atoms with Gasteiger partial charge in [0.05, 0.1) is 41.9 Å². The van der Waals surface area contributed by atoms with E-state index in [-0.39, 0.29) is 55.5 Å². The molecule has 6 rings (SSSR count). The molecule has 0 N–H and O–H groups in total. The lowest BCUT2D eigenvalue weighted by Gasteiger charge is -2.31. The highest BCUT2D eigenvalue weighted by molar-refractivity contribution is 9.09. The summed E-state index contributed by atoms with van der Waals surface area (Å²) in [5, 5.41) is 0.512.